The molecule has 0 aromatic heterocycles. The topological polar surface area (TPSA) is 95.7 Å². The summed E-state index contributed by atoms with van der Waals surface area (Å²) in [5.41, 5.74) is 8.11. The number of benzene rings is 1. The lowest BCUT2D eigenvalue weighted by atomic mass is 9.64. The van der Waals surface area contributed by atoms with E-state index in [4.69, 9.17) is 10.8 Å². The lowest BCUT2D eigenvalue weighted by Gasteiger charge is -2.42. The number of anilines is 1. The van der Waals surface area contributed by atoms with Crippen molar-refractivity contribution in [2.45, 2.75) is 43.6 Å². The molecule has 1 unspecified atom stereocenters. The van der Waals surface area contributed by atoms with Crippen molar-refractivity contribution >= 4 is 17.7 Å². The number of rotatable bonds is 4. The average molecular weight is 317 g/mol. The van der Waals surface area contributed by atoms with Crippen molar-refractivity contribution < 1.29 is 14.7 Å². The lowest BCUT2D eigenvalue weighted by Crippen LogP contribution is -2.52. The maximum absolute atomic E-state index is 12.4. The zero-order chi connectivity index (χ0) is 16.4. The summed E-state index contributed by atoms with van der Waals surface area (Å²) in [6.45, 7) is 1.28. The SMILES string of the molecule is NCC1(c2ccc(N3CCCC(NC(=O)O)C3=O)cc2)CCC1. The number of carboxylic acid groups (broad SMARTS) is 1. The molecule has 0 spiro atoms. The first-order valence-electron chi connectivity index (χ1n) is 8.17. The molecule has 1 aliphatic carbocycles. The van der Waals surface area contributed by atoms with E-state index in [-0.39, 0.29) is 11.3 Å². The molecular weight excluding hydrogens is 294 g/mol. The van der Waals surface area contributed by atoms with Crippen LogP contribution in [0.2, 0.25) is 0 Å². The summed E-state index contributed by atoms with van der Waals surface area (Å²) in [4.78, 5) is 24.9. The Morgan fingerprint density at radius 2 is 2.00 bits per heavy atom. The molecule has 0 bridgehead atoms. The van der Waals surface area contributed by atoms with Gasteiger partial charge < -0.3 is 21.1 Å². The van der Waals surface area contributed by atoms with E-state index in [1.807, 2.05) is 12.1 Å². The number of carbonyl (C=O) groups excluding carboxylic acids is 1. The third kappa shape index (κ3) is 2.91. The number of piperidine rings is 1. The molecule has 1 aliphatic heterocycles. The van der Waals surface area contributed by atoms with Crippen molar-refractivity contribution in [3.8, 4) is 0 Å². The maximum Gasteiger partial charge on any atom is 0.405 e. The quantitative estimate of drug-likeness (QED) is 0.789. The first-order chi connectivity index (χ1) is 11.1. The molecule has 0 radical (unpaired) electrons. The second-order valence-corrected chi connectivity index (χ2v) is 6.52. The Hall–Kier alpha value is -2.08. The van der Waals surface area contributed by atoms with Gasteiger partial charge >= 0.3 is 6.09 Å². The standard InChI is InChI=1S/C17H23N3O3/c18-11-17(8-2-9-17)12-4-6-13(7-5-12)20-10-1-3-14(15(20)21)19-16(22)23/h4-7,14,19H,1-3,8-11,18H2,(H,22,23). The van der Waals surface area contributed by atoms with Crippen LogP contribution < -0.4 is 16.0 Å². The van der Waals surface area contributed by atoms with Gasteiger partial charge in [-0.15, -0.1) is 0 Å². The number of carbonyl (C=O) groups is 2. The second-order valence-electron chi connectivity index (χ2n) is 6.52. The fourth-order valence-corrected chi connectivity index (χ4v) is 3.62. The molecule has 1 saturated carbocycles. The number of hydrogen-bond donors (Lipinski definition) is 3. The highest BCUT2D eigenvalue weighted by atomic mass is 16.4. The molecule has 1 aromatic carbocycles. The number of hydrogen-bond acceptors (Lipinski definition) is 3. The van der Waals surface area contributed by atoms with Crippen LogP contribution >= 0.6 is 0 Å². The van der Waals surface area contributed by atoms with Gasteiger partial charge in [0.2, 0.25) is 5.91 Å². The smallest absolute Gasteiger partial charge is 0.405 e. The molecule has 6 heteroatoms. The highest BCUT2D eigenvalue weighted by Crippen LogP contribution is 2.43. The van der Waals surface area contributed by atoms with Crippen LogP contribution in [0.4, 0.5) is 10.5 Å². The lowest BCUT2D eigenvalue weighted by molar-refractivity contribution is -0.121. The fourth-order valence-electron chi connectivity index (χ4n) is 3.62. The van der Waals surface area contributed by atoms with Gasteiger partial charge in [0, 0.05) is 24.2 Å². The summed E-state index contributed by atoms with van der Waals surface area (Å²) < 4.78 is 0. The van der Waals surface area contributed by atoms with Crippen molar-refractivity contribution in [2.24, 2.45) is 5.73 Å². The van der Waals surface area contributed by atoms with Crippen LogP contribution in [0, 0.1) is 0 Å². The van der Waals surface area contributed by atoms with Crippen LogP contribution in [-0.2, 0) is 10.2 Å². The Kier molecular flexibility index (Phi) is 4.26. The molecule has 2 fully saturated rings. The number of nitrogens with one attached hydrogen (secondary N) is 1. The Morgan fingerprint density at radius 1 is 1.30 bits per heavy atom. The van der Waals surface area contributed by atoms with Crippen molar-refractivity contribution in [1.29, 1.82) is 0 Å². The van der Waals surface area contributed by atoms with Gasteiger partial charge in [-0.3, -0.25) is 4.79 Å². The summed E-state index contributed by atoms with van der Waals surface area (Å²) in [5, 5.41) is 11.1. The first kappa shape index (κ1) is 15.8. The predicted octanol–water partition coefficient (Wildman–Crippen LogP) is 1.83. The predicted molar refractivity (Wildman–Crippen MR) is 87.6 cm³/mol. The third-order valence-corrected chi connectivity index (χ3v) is 5.23. The maximum atomic E-state index is 12.4. The van der Waals surface area contributed by atoms with Gasteiger partial charge in [0.15, 0.2) is 0 Å². The van der Waals surface area contributed by atoms with Crippen LogP contribution in [0.1, 0.15) is 37.7 Å². The minimum absolute atomic E-state index is 0.109. The third-order valence-electron chi connectivity index (χ3n) is 5.23. The summed E-state index contributed by atoms with van der Waals surface area (Å²) in [7, 11) is 0. The highest BCUT2D eigenvalue weighted by Gasteiger charge is 2.37. The number of nitrogens with two attached hydrogens (primary N) is 1. The van der Waals surface area contributed by atoms with Crippen molar-refractivity contribution in [1.82, 2.24) is 5.32 Å². The molecule has 1 aromatic rings. The minimum atomic E-state index is -1.16. The molecule has 124 valence electrons. The van der Waals surface area contributed by atoms with Crippen molar-refractivity contribution in [3.63, 3.8) is 0 Å². The van der Waals surface area contributed by atoms with Crippen LogP contribution in [0.5, 0.6) is 0 Å². The van der Waals surface area contributed by atoms with Crippen LogP contribution in [-0.4, -0.2) is 36.2 Å². The second kappa shape index (κ2) is 6.20. The molecule has 1 heterocycles. The van der Waals surface area contributed by atoms with Gasteiger partial charge in [-0.25, -0.2) is 4.79 Å². The molecule has 2 amide bonds. The van der Waals surface area contributed by atoms with E-state index in [2.05, 4.69) is 17.4 Å². The van der Waals surface area contributed by atoms with Crippen molar-refractivity contribution in [3.05, 3.63) is 29.8 Å². The monoisotopic (exact) mass is 317 g/mol. The molecule has 23 heavy (non-hydrogen) atoms. The van der Waals surface area contributed by atoms with Crippen LogP contribution in [0.3, 0.4) is 0 Å². The van der Waals surface area contributed by atoms with E-state index in [0.29, 0.717) is 19.5 Å². The van der Waals surface area contributed by atoms with Gasteiger partial charge in [-0.05, 0) is 43.4 Å². The van der Waals surface area contributed by atoms with E-state index in [1.54, 1.807) is 4.90 Å². The molecule has 2 aliphatic rings. The highest BCUT2D eigenvalue weighted by molar-refractivity contribution is 5.99. The number of nitrogens with zero attached hydrogens (tertiary/aromatic N) is 1. The zero-order valence-corrected chi connectivity index (χ0v) is 13.1. The summed E-state index contributed by atoms with van der Waals surface area (Å²) in [6.07, 6.45) is 3.63. The van der Waals surface area contributed by atoms with E-state index in [1.165, 1.54) is 12.0 Å². The van der Waals surface area contributed by atoms with Gasteiger partial charge in [-0.2, -0.15) is 0 Å². The van der Waals surface area contributed by atoms with Gasteiger partial charge in [0.05, 0.1) is 0 Å². The Bertz CT molecular complexity index is 590. The minimum Gasteiger partial charge on any atom is -0.465 e. The summed E-state index contributed by atoms with van der Waals surface area (Å²) in [6, 6.07) is 7.37. The van der Waals surface area contributed by atoms with E-state index < -0.39 is 12.1 Å². The normalized spacial score (nSPS) is 23.3. The van der Waals surface area contributed by atoms with Crippen LogP contribution in [0.25, 0.3) is 0 Å². The summed E-state index contributed by atoms with van der Waals surface area (Å²) >= 11 is 0. The molecule has 6 nitrogen and oxygen atoms in total. The van der Waals surface area contributed by atoms with E-state index >= 15 is 0 Å². The van der Waals surface area contributed by atoms with Crippen molar-refractivity contribution in [2.75, 3.05) is 18.0 Å². The average Bonchev–Trinajstić information content (AvgIpc) is 2.49. The Morgan fingerprint density at radius 3 is 2.52 bits per heavy atom. The Labute approximate surface area is 135 Å². The van der Waals surface area contributed by atoms with E-state index in [0.717, 1.165) is 24.9 Å². The molecular formula is C17H23N3O3. The summed E-state index contributed by atoms with van der Waals surface area (Å²) in [5.74, 6) is -0.177. The van der Waals surface area contributed by atoms with Gasteiger partial charge in [-0.1, -0.05) is 18.6 Å². The fraction of sp³-hybridized carbons (Fsp3) is 0.529. The van der Waals surface area contributed by atoms with Crippen LogP contribution in [0.15, 0.2) is 24.3 Å². The van der Waals surface area contributed by atoms with Gasteiger partial charge in [0.25, 0.3) is 0 Å². The zero-order valence-electron chi connectivity index (χ0n) is 13.1. The first-order valence-corrected chi connectivity index (χ1v) is 8.17. The molecule has 1 saturated heterocycles. The largest absolute Gasteiger partial charge is 0.465 e. The Balaban J connectivity index is 1.76. The van der Waals surface area contributed by atoms with E-state index in [9.17, 15) is 9.59 Å². The molecule has 3 rings (SSSR count). The molecule has 4 N–H and O–H groups in total. The molecule has 1 atom stereocenters. The van der Waals surface area contributed by atoms with Gasteiger partial charge in [0.1, 0.15) is 6.04 Å². The number of amides is 2.